The number of aryl methyl sites for hydroxylation is 1. The first-order chi connectivity index (χ1) is 30.6. The highest BCUT2D eigenvalue weighted by molar-refractivity contribution is 5.87. The Kier molecular flexibility index (Phi) is 9.89. The van der Waals surface area contributed by atoms with Crippen molar-refractivity contribution in [3.8, 4) is 44.5 Å². The highest BCUT2D eigenvalue weighted by Gasteiger charge is 2.21. The third-order valence-electron chi connectivity index (χ3n) is 13.8. The molecule has 3 aliphatic carbocycles. The second-order valence-corrected chi connectivity index (χ2v) is 17.5. The van der Waals surface area contributed by atoms with Gasteiger partial charge in [-0.05, 0) is 202 Å². The van der Waals surface area contributed by atoms with Gasteiger partial charge in [0, 0.05) is 17.1 Å². The quantitative estimate of drug-likeness (QED) is 0.148. The fourth-order valence-electron chi connectivity index (χ4n) is 10.5. The Morgan fingerprint density at radius 1 is 0.371 bits per heavy atom. The third kappa shape index (κ3) is 7.02. The van der Waals surface area contributed by atoms with Crippen LogP contribution in [0, 0.1) is 6.92 Å². The van der Waals surface area contributed by atoms with Crippen molar-refractivity contribution in [1.82, 2.24) is 0 Å². The maximum absolute atomic E-state index is 2.41. The van der Waals surface area contributed by atoms with Crippen LogP contribution >= 0.6 is 0 Å². The fourth-order valence-corrected chi connectivity index (χ4v) is 10.5. The SMILES string of the molecule is CC1=C(c2cccc(-c3cccc(-c4cccc(N(c5ccc(C6=CCCc7ccccc76)cc5)c5ccc(-c6ccc7c(c6)-c6ccccc6C7)cc5)c4)c3)c2C)CCCC1. The molecule has 0 spiro atoms. The van der Waals surface area contributed by atoms with Gasteiger partial charge in [0.2, 0.25) is 0 Å². The van der Waals surface area contributed by atoms with Gasteiger partial charge in [-0.15, -0.1) is 0 Å². The van der Waals surface area contributed by atoms with E-state index in [-0.39, 0.29) is 0 Å². The van der Waals surface area contributed by atoms with Gasteiger partial charge in [-0.1, -0.05) is 145 Å². The molecular formula is C61H51N. The molecule has 62 heavy (non-hydrogen) atoms. The molecule has 0 atom stereocenters. The minimum atomic E-state index is 1.01. The first-order valence-electron chi connectivity index (χ1n) is 22.6. The lowest BCUT2D eigenvalue weighted by atomic mass is 9.84. The molecule has 0 aliphatic heterocycles. The molecule has 11 rings (SSSR count). The molecule has 0 heterocycles. The van der Waals surface area contributed by atoms with E-state index in [1.807, 2.05) is 0 Å². The lowest BCUT2D eigenvalue weighted by molar-refractivity contribution is 0.714. The Labute approximate surface area is 367 Å². The predicted molar refractivity (Wildman–Crippen MR) is 263 cm³/mol. The molecule has 0 saturated carbocycles. The number of fused-ring (bicyclic) bond motifs is 4. The second kappa shape index (κ2) is 16.1. The zero-order chi connectivity index (χ0) is 41.6. The Bertz CT molecular complexity index is 3050. The molecule has 1 heteroatoms. The smallest absolute Gasteiger partial charge is 0.0467 e. The highest BCUT2D eigenvalue weighted by Crippen LogP contribution is 2.43. The van der Waals surface area contributed by atoms with Crippen molar-refractivity contribution in [2.75, 3.05) is 4.90 Å². The summed E-state index contributed by atoms with van der Waals surface area (Å²) in [5.41, 5.74) is 27.7. The largest absolute Gasteiger partial charge is 0.310 e. The van der Waals surface area contributed by atoms with Crippen molar-refractivity contribution in [2.45, 2.75) is 58.8 Å². The van der Waals surface area contributed by atoms with Crippen LogP contribution in [0.25, 0.3) is 55.7 Å². The molecule has 0 N–H and O–H groups in total. The minimum Gasteiger partial charge on any atom is -0.310 e. The normalized spacial score (nSPS) is 14.2. The zero-order valence-corrected chi connectivity index (χ0v) is 35.8. The van der Waals surface area contributed by atoms with Gasteiger partial charge in [-0.25, -0.2) is 0 Å². The Morgan fingerprint density at radius 2 is 0.968 bits per heavy atom. The van der Waals surface area contributed by atoms with E-state index in [0.717, 1.165) is 36.3 Å². The zero-order valence-electron chi connectivity index (χ0n) is 35.8. The average molecular weight is 798 g/mol. The van der Waals surface area contributed by atoms with Gasteiger partial charge in [0.25, 0.3) is 0 Å². The third-order valence-corrected chi connectivity index (χ3v) is 13.8. The van der Waals surface area contributed by atoms with Crippen LogP contribution in [0.1, 0.15) is 78.0 Å². The van der Waals surface area contributed by atoms with Crippen LogP contribution in [0.3, 0.4) is 0 Å². The summed E-state index contributed by atoms with van der Waals surface area (Å²) in [6, 6.07) is 68.2. The summed E-state index contributed by atoms with van der Waals surface area (Å²) in [4.78, 5) is 2.41. The molecule has 8 aromatic rings. The van der Waals surface area contributed by atoms with Gasteiger partial charge in [0.15, 0.2) is 0 Å². The summed E-state index contributed by atoms with van der Waals surface area (Å²) in [6.45, 7) is 4.65. The van der Waals surface area contributed by atoms with Gasteiger partial charge in [-0.3, -0.25) is 0 Å². The van der Waals surface area contributed by atoms with Crippen LogP contribution in [0.4, 0.5) is 17.1 Å². The van der Waals surface area contributed by atoms with E-state index < -0.39 is 0 Å². The average Bonchev–Trinajstić information content (AvgIpc) is 3.71. The molecule has 3 aliphatic rings. The topological polar surface area (TPSA) is 3.24 Å². The van der Waals surface area contributed by atoms with Crippen molar-refractivity contribution >= 4 is 28.2 Å². The van der Waals surface area contributed by atoms with Gasteiger partial charge in [-0.2, -0.15) is 0 Å². The fraction of sp³-hybridized carbons (Fsp3) is 0.148. The van der Waals surface area contributed by atoms with Crippen LogP contribution in [-0.2, 0) is 12.8 Å². The van der Waals surface area contributed by atoms with Gasteiger partial charge in [0.1, 0.15) is 0 Å². The summed E-state index contributed by atoms with van der Waals surface area (Å²) in [5, 5.41) is 0. The van der Waals surface area contributed by atoms with Crippen LogP contribution in [0.15, 0.2) is 194 Å². The van der Waals surface area contributed by atoms with E-state index in [4.69, 9.17) is 0 Å². The standard InChI is InChI=1S/C61H51N/c1-41-13-3-6-21-55(41)57-25-12-24-56(42(57)2)49-19-9-17-46(37-49)47-18-10-20-54(39-47)62(53-35-31-45(32-36-53)59-26-11-16-44-14-4-7-22-58(44)59)52-33-29-43(30-34-52)48-27-28-51-38-50-15-5-8-23-60(50)61(51)40-48/h4-5,7-10,12,14-15,17-20,22-37,39-40H,3,6,11,13,16,21,38H2,1-2H3. The van der Waals surface area contributed by atoms with Crippen LogP contribution in [-0.4, -0.2) is 0 Å². The molecule has 0 unspecified atom stereocenters. The van der Waals surface area contributed by atoms with E-state index in [1.54, 1.807) is 11.1 Å². The second-order valence-electron chi connectivity index (χ2n) is 17.5. The van der Waals surface area contributed by atoms with Gasteiger partial charge < -0.3 is 4.90 Å². The molecule has 1 nitrogen and oxygen atoms in total. The number of hydrogen-bond acceptors (Lipinski definition) is 1. The van der Waals surface area contributed by atoms with Crippen molar-refractivity contribution in [2.24, 2.45) is 0 Å². The molecule has 0 bridgehead atoms. The Morgan fingerprint density at radius 3 is 1.77 bits per heavy atom. The van der Waals surface area contributed by atoms with E-state index in [0.29, 0.717) is 0 Å². The van der Waals surface area contributed by atoms with Crippen molar-refractivity contribution in [3.63, 3.8) is 0 Å². The van der Waals surface area contributed by atoms with Gasteiger partial charge in [0.05, 0.1) is 0 Å². The van der Waals surface area contributed by atoms with Crippen molar-refractivity contribution in [1.29, 1.82) is 0 Å². The summed E-state index contributed by atoms with van der Waals surface area (Å²) < 4.78 is 0. The first kappa shape index (κ1) is 38.0. The molecule has 300 valence electrons. The molecular weight excluding hydrogens is 747 g/mol. The number of rotatable bonds is 8. The number of hydrogen-bond donors (Lipinski definition) is 0. The molecule has 8 aromatic carbocycles. The van der Waals surface area contributed by atoms with Crippen LogP contribution in [0.5, 0.6) is 0 Å². The number of anilines is 3. The monoisotopic (exact) mass is 797 g/mol. The molecule has 0 aromatic heterocycles. The molecule has 0 amide bonds. The molecule has 0 saturated heterocycles. The predicted octanol–water partition coefficient (Wildman–Crippen LogP) is 16.8. The molecule has 0 radical (unpaired) electrons. The maximum atomic E-state index is 2.41. The van der Waals surface area contributed by atoms with E-state index >= 15 is 0 Å². The maximum Gasteiger partial charge on any atom is 0.0467 e. The minimum absolute atomic E-state index is 1.01. The molecule has 0 fully saturated rings. The van der Waals surface area contributed by atoms with Crippen molar-refractivity contribution in [3.05, 3.63) is 233 Å². The number of allylic oxidation sites excluding steroid dienone is 3. The summed E-state index contributed by atoms with van der Waals surface area (Å²) >= 11 is 0. The van der Waals surface area contributed by atoms with Crippen molar-refractivity contribution < 1.29 is 0 Å². The Hall–Kier alpha value is -6.96. The first-order valence-corrected chi connectivity index (χ1v) is 22.6. The van der Waals surface area contributed by atoms with E-state index in [1.165, 1.54) is 115 Å². The van der Waals surface area contributed by atoms with E-state index in [9.17, 15) is 0 Å². The number of benzene rings is 8. The summed E-state index contributed by atoms with van der Waals surface area (Å²) in [6.07, 6.45) is 10.6. The van der Waals surface area contributed by atoms with Crippen LogP contribution in [0.2, 0.25) is 0 Å². The van der Waals surface area contributed by atoms with E-state index in [2.05, 4.69) is 207 Å². The summed E-state index contributed by atoms with van der Waals surface area (Å²) in [5.74, 6) is 0. The highest BCUT2D eigenvalue weighted by atomic mass is 15.1. The van der Waals surface area contributed by atoms with Crippen LogP contribution < -0.4 is 4.90 Å². The lowest BCUT2D eigenvalue weighted by Crippen LogP contribution is -2.10. The van der Waals surface area contributed by atoms with Gasteiger partial charge >= 0.3 is 0 Å². The summed E-state index contributed by atoms with van der Waals surface area (Å²) in [7, 11) is 0. The number of nitrogens with zero attached hydrogens (tertiary/aromatic N) is 1. The Balaban J connectivity index is 0.963. The lowest BCUT2D eigenvalue weighted by Gasteiger charge is -2.27.